The third-order valence-electron chi connectivity index (χ3n) is 3.95. The number of hydrogen-bond acceptors (Lipinski definition) is 1. The molecule has 0 fully saturated rings. The number of rotatable bonds is 15. The number of unbranched alkanes of at least 4 members (excludes halogenated alkanes) is 6. The van der Waals surface area contributed by atoms with Crippen LogP contribution >= 0.6 is 0 Å². The van der Waals surface area contributed by atoms with Crippen LogP contribution in [-0.4, -0.2) is 24.4 Å². The van der Waals surface area contributed by atoms with Gasteiger partial charge >= 0.3 is 0 Å². The Morgan fingerprint density at radius 2 is 1.38 bits per heavy atom. The van der Waals surface area contributed by atoms with Gasteiger partial charge in [-0.3, -0.25) is 4.79 Å². The zero-order valence-corrected chi connectivity index (χ0v) is 15.9. The lowest BCUT2D eigenvalue weighted by molar-refractivity contribution is -0.124. The highest BCUT2D eigenvalue weighted by molar-refractivity contribution is 5.86. The molecule has 0 aliphatic rings. The molecule has 2 heteroatoms. The zero-order valence-electron chi connectivity index (χ0n) is 15.9. The number of likely N-dealkylation sites (N-methyl/N-ethyl adjacent to an activating group) is 1. The van der Waals surface area contributed by atoms with E-state index in [0.29, 0.717) is 0 Å². The molecular formula is C22H37NO. The monoisotopic (exact) mass is 331 g/mol. The first-order chi connectivity index (χ1) is 11.7. The normalized spacial score (nSPS) is 11.8. The molecule has 0 aromatic rings. The lowest BCUT2D eigenvalue weighted by Crippen LogP contribution is -2.25. The van der Waals surface area contributed by atoms with Gasteiger partial charge in [0.25, 0.3) is 0 Å². The molecule has 2 nitrogen and oxygen atoms in total. The van der Waals surface area contributed by atoms with Gasteiger partial charge in [-0.2, -0.15) is 0 Å². The summed E-state index contributed by atoms with van der Waals surface area (Å²) >= 11 is 0. The topological polar surface area (TPSA) is 20.3 Å². The van der Waals surface area contributed by atoms with Crippen molar-refractivity contribution in [1.82, 2.24) is 4.90 Å². The summed E-state index contributed by atoms with van der Waals surface area (Å²) in [6, 6.07) is 0. The average Bonchev–Trinajstić information content (AvgIpc) is 2.60. The van der Waals surface area contributed by atoms with Crippen molar-refractivity contribution < 1.29 is 4.79 Å². The van der Waals surface area contributed by atoms with Crippen LogP contribution in [0.2, 0.25) is 0 Å². The minimum absolute atomic E-state index is 0.0223. The number of nitrogens with zero attached hydrogens (tertiary/aromatic N) is 1. The Hall–Kier alpha value is -1.57. The Morgan fingerprint density at radius 3 is 2.00 bits per heavy atom. The van der Waals surface area contributed by atoms with Crippen molar-refractivity contribution in [3.05, 3.63) is 49.1 Å². The molecule has 0 atom stereocenters. The molecule has 0 aromatic heterocycles. The number of amides is 1. The van der Waals surface area contributed by atoms with Crippen LogP contribution in [0.3, 0.4) is 0 Å². The van der Waals surface area contributed by atoms with Gasteiger partial charge in [-0.25, -0.2) is 0 Å². The first-order valence-electron chi connectivity index (χ1n) is 9.54. The minimum atomic E-state index is 0.0223. The summed E-state index contributed by atoms with van der Waals surface area (Å²) in [5.41, 5.74) is 0. The fourth-order valence-corrected chi connectivity index (χ4v) is 2.41. The van der Waals surface area contributed by atoms with E-state index in [2.05, 4.69) is 50.0 Å². The van der Waals surface area contributed by atoms with E-state index in [0.717, 1.165) is 32.2 Å². The first kappa shape index (κ1) is 22.4. The van der Waals surface area contributed by atoms with Crippen LogP contribution in [-0.2, 0) is 4.79 Å². The van der Waals surface area contributed by atoms with Crippen LogP contribution < -0.4 is 0 Å². The molecule has 0 spiro atoms. The maximum Gasteiger partial charge on any atom is 0.245 e. The fraction of sp³-hybridized carbons (Fsp3) is 0.591. The largest absolute Gasteiger partial charge is 0.342 e. The van der Waals surface area contributed by atoms with Crippen LogP contribution in [0, 0.1) is 0 Å². The molecular weight excluding hydrogens is 294 g/mol. The Labute approximate surface area is 150 Å². The molecule has 1 amide bonds. The minimum Gasteiger partial charge on any atom is -0.342 e. The zero-order chi connectivity index (χ0) is 17.9. The summed E-state index contributed by atoms with van der Waals surface area (Å²) in [5.74, 6) is 0.0223. The Morgan fingerprint density at radius 1 is 0.833 bits per heavy atom. The van der Waals surface area contributed by atoms with E-state index in [9.17, 15) is 4.79 Å². The summed E-state index contributed by atoms with van der Waals surface area (Å²) in [7, 11) is 1.84. The summed E-state index contributed by atoms with van der Waals surface area (Å²) in [5, 5.41) is 0. The molecule has 0 saturated heterocycles. The number of hydrogen-bond donors (Lipinski definition) is 0. The van der Waals surface area contributed by atoms with Crippen LogP contribution in [0.15, 0.2) is 49.1 Å². The van der Waals surface area contributed by atoms with Gasteiger partial charge in [0.1, 0.15) is 0 Å². The lowest BCUT2D eigenvalue weighted by atomic mass is 10.1. The van der Waals surface area contributed by atoms with Gasteiger partial charge in [0.2, 0.25) is 5.91 Å². The van der Waals surface area contributed by atoms with Crippen molar-refractivity contribution in [3.8, 4) is 0 Å². The number of carbonyl (C=O) groups is 1. The Bertz CT molecular complexity index is 393. The SMILES string of the molecule is C=CC(=O)N(C)CCCCCCCC/C=C\C/C=C\C/C=C\CC. The molecule has 136 valence electrons. The molecule has 0 radical (unpaired) electrons. The van der Waals surface area contributed by atoms with E-state index in [4.69, 9.17) is 0 Å². The van der Waals surface area contributed by atoms with E-state index < -0.39 is 0 Å². The van der Waals surface area contributed by atoms with Crippen molar-refractivity contribution in [2.75, 3.05) is 13.6 Å². The van der Waals surface area contributed by atoms with Gasteiger partial charge in [0.05, 0.1) is 0 Å². The van der Waals surface area contributed by atoms with Crippen LogP contribution in [0.4, 0.5) is 0 Å². The second kappa shape index (κ2) is 17.8. The van der Waals surface area contributed by atoms with Gasteiger partial charge in [0, 0.05) is 13.6 Å². The maximum absolute atomic E-state index is 11.3. The second-order valence-corrected chi connectivity index (χ2v) is 6.17. The molecule has 0 unspecified atom stereocenters. The van der Waals surface area contributed by atoms with Crippen molar-refractivity contribution in [2.45, 2.75) is 71.1 Å². The molecule has 0 aromatic carbocycles. The highest BCUT2D eigenvalue weighted by Crippen LogP contribution is 2.08. The van der Waals surface area contributed by atoms with Crippen LogP contribution in [0.25, 0.3) is 0 Å². The summed E-state index contributed by atoms with van der Waals surface area (Å²) in [6.07, 6.45) is 26.8. The van der Waals surface area contributed by atoms with Crippen molar-refractivity contribution in [3.63, 3.8) is 0 Å². The van der Waals surface area contributed by atoms with E-state index in [-0.39, 0.29) is 5.91 Å². The third kappa shape index (κ3) is 15.3. The summed E-state index contributed by atoms with van der Waals surface area (Å²) < 4.78 is 0. The second-order valence-electron chi connectivity index (χ2n) is 6.17. The molecule has 0 aliphatic heterocycles. The van der Waals surface area contributed by atoms with Crippen molar-refractivity contribution >= 4 is 5.91 Å². The highest BCUT2D eigenvalue weighted by atomic mass is 16.2. The Kier molecular flexibility index (Phi) is 16.6. The third-order valence-corrected chi connectivity index (χ3v) is 3.95. The molecule has 24 heavy (non-hydrogen) atoms. The summed E-state index contributed by atoms with van der Waals surface area (Å²) in [4.78, 5) is 13.0. The number of carbonyl (C=O) groups excluding carboxylic acids is 1. The van der Waals surface area contributed by atoms with Crippen molar-refractivity contribution in [2.24, 2.45) is 0 Å². The van der Waals surface area contributed by atoms with Crippen LogP contribution in [0.1, 0.15) is 71.1 Å². The van der Waals surface area contributed by atoms with E-state index in [1.165, 1.54) is 44.6 Å². The van der Waals surface area contributed by atoms with E-state index >= 15 is 0 Å². The molecule has 0 heterocycles. The molecule has 0 bridgehead atoms. The predicted molar refractivity (Wildman–Crippen MR) is 107 cm³/mol. The van der Waals surface area contributed by atoms with E-state index in [1.807, 2.05) is 7.05 Å². The van der Waals surface area contributed by atoms with Gasteiger partial charge in [-0.1, -0.05) is 75.6 Å². The van der Waals surface area contributed by atoms with E-state index in [1.54, 1.807) is 4.90 Å². The van der Waals surface area contributed by atoms with Gasteiger partial charge in [0.15, 0.2) is 0 Å². The quantitative estimate of drug-likeness (QED) is 0.198. The molecule has 0 N–H and O–H groups in total. The maximum atomic E-state index is 11.3. The standard InChI is InChI=1S/C22H37NO/c1-4-6-7-8-9-10-11-12-13-14-15-16-17-18-19-20-21-23(3)22(24)5-2/h5-7,9-10,12-13H,2,4,8,11,14-21H2,1,3H3/b7-6-,10-9-,13-12-. The van der Waals surface area contributed by atoms with Gasteiger partial charge in [-0.15, -0.1) is 0 Å². The smallest absolute Gasteiger partial charge is 0.245 e. The van der Waals surface area contributed by atoms with Gasteiger partial charge < -0.3 is 4.90 Å². The van der Waals surface area contributed by atoms with Crippen LogP contribution in [0.5, 0.6) is 0 Å². The average molecular weight is 332 g/mol. The predicted octanol–water partition coefficient (Wildman–Crippen LogP) is 6.22. The van der Waals surface area contributed by atoms with Gasteiger partial charge in [-0.05, 0) is 44.6 Å². The summed E-state index contributed by atoms with van der Waals surface area (Å²) in [6.45, 7) is 6.51. The fourth-order valence-electron chi connectivity index (χ4n) is 2.41. The molecule has 0 rings (SSSR count). The number of allylic oxidation sites excluding steroid dienone is 6. The lowest BCUT2D eigenvalue weighted by Gasteiger charge is -2.14. The highest BCUT2D eigenvalue weighted by Gasteiger charge is 2.02. The first-order valence-corrected chi connectivity index (χ1v) is 9.54. The Balaban J connectivity index is 3.33. The molecule has 0 aliphatic carbocycles. The molecule has 0 saturated carbocycles. The van der Waals surface area contributed by atoms with Crippen molar-refractivity contribution in [1.29, 1.82) is 0 Å².